The summed E-state index contributed by atoms with van der Waals surface area (Å²) < 4.78 is 26.4. The zero-order valence-corrected chi connectivity index (χ0v) is 11.7. The van der Waals surface area contributed by atoms with Gasteiger partial charge in [-0.1, -0.05) is 13.0 Å². The van der Waals surface area contributed by atoms with Crippen LogP contribution in [0.25, 0.3) is 0 Å². The first-order chi connectivity index (χ1) is 10.1. The number of aryl methyl sites for hydroxylation is 1. The van der Waals surface area contributed by atoms with Crippen molar-refractivity contribution in [3.05, 3.63) is 47.3 Å². The summed E-state index contributed by atoms with van der Waals surface area (Å²) >= 11 is 0. The maximum Gasteiger partial charge on any atom is 0.145 e. The van der Waals surface area contributed by atoms with Gasteiger partial charge in [-0.25, -0.2) is 24.6 Å². The van der Waals surface area contributed by atoms with Crippen molar-refractivity contribution in [2.45, 2.75) is 26.3 Å². The van der Waals surface area contributed by atoms with Gasteiger partial charge in [-0.15, -0.1) is 0 Å². The molecule has 2 rings (SSSR count). The Balaban J connectivity index is 2.13. The number of rotatable bonds is 6. The van der Waals surface area contributed by atoms with Crippen molar-refractivity contribution in [1.29, 1.82) is 0 Å². The minimum absolute atomic E-state index is 0.193. The van der Waals surface area contributed by atoms with Crippen molar-refractivity contribution in [2.75, 3.05) is 10.7 Å². The number of nitrogens with two attached hydrogens (primary N) is 1. The van der Waals surface area contributed by atoms with Gasteiger partial charge in [-0.3, -0.25) is 0 Å². The van der Waals surface area contributed by atoms with Crippen molar-refractivity contribution >= 4 is 11.6 Å². The number of nitrogens with one attached hydrogen (secondary N) is 2. The Morgan fingerprint density at radius 3 is 2.57 bits per heavy atom. The van der Waals surface area contributed by atoms with Gasteiger partial charge >= 0.3 is 0 Å². The topological polar surface area (TPSA) is 75.9 Å². The van der Waals surface area contributed by atoms with E-state index < -0.39 is 11.6 Å². The number of hydrogen-bond acceptors (Lipinski definition) is 5. The number of halogens is 2. The van der Waals surface area contributed by atoms with E-state index in [2.05, 4.69) is 20.7 Å². The number of benzene rings is 1. The van der Waals surface area contributed by atoms with Gasteiger partial charge in [-0.2, -0.15) is 0 Å². The number of nitrogen functional groups attached to an aromatic ring is 1. The second-order valence-corrected chi connectivity index (χ2v) is 4.54. The highest BCUT2D eigenvalue weighted by Gasteiger charge is 2.06. The third kappa shape index (κ3) is 4.09. The molecule has 7 heteroatoms. The molecule has 0 bridgehead atoms. The van der Waals surface area contributed by atoms with Gasteiger partial charge < -0.3 is 10.7 Å². The van der Waals surface area contributed by atoms with E-state index in [1.54, 1.807) is 6.07 Å². The summed E-state index contributed by atoms with van der Waals surface area (Å²) in [6, 6.07) is 5.09. The first-order valence-corrected chi connectivity index (χ1v) is 6.64. The van der Waals surface area contributed by atoms with Gasteiger partial charge in [0.1, 0.15) is 29.1 Å². The van der Waals surface area contributed by atoms with Crippen LogP contribution in [0.3, 0.4) is 0 Å². The molecule has 0 amide bonds. The summed E-state index contributed by atoms with van der Waals surface area (Å²) in [5.41, 5.74) is 2.82. The maximum atomic E-state index is 13.6. The molecule has 21 heavy (non-hydrogen) atoms. The molecule has 0 saturated carbocycles. The Hall–Kier alpha value is -2.28. The van der Waals surface area contributed by atoms with Gasteiger partial charge in [0.25, 0.3) is 0 Å². The van der Waals surface area contributed by atoms with Crippen molar-refractivity contribution < 1.29 is 8.78 Å². The average molecular weight is 293 g/mol. The van der Waals surface area contributed by atoms with E-state index in [1.807, 2.05) is 6.92 Å². The monoisotopic (exact) mass is 293 g/mol. The molecule has 1 aromatic heterocycles. The van der Waals surface area contributed by atoms with E-state index in [0.717, 1.165) is 18.9 Å². The van der Waals surface area contributed by atoms with Crippen LogP contribution in [0, 0.1) is 11.6 Å². The normalized spacial score (nSPS) is 10.5. The van der Waals surface area contributed by atoms with Crippen molar-refractivity contribution in [3.63, 3.8) is 0 Å². The predicted molar refractivity (Wildman–Crippen MR) is 77.5 cm³/mol. The molecule has 112 valence electrons. The predicted octanol–water partition coefficient (Wildman–Crippen LogP) is 2.61. The van der Waals surface area contributed by atoms with Crippen molar-refractivity contribution in [1.82, 2.24) is 9.97 Å². The lowest BCUT2D eigenvalue weighted by Gasteiger charge is -2.10. The first-order valence-electron chi connectivity index (χ1n) is 6.64. The van der Waals surface area contributed by atoms with Crippen LogP contribution < -0.4 is 16.6 Å². The van der Waals surface area contributed by atoms with Crippen LogP contribution in [-0.2, 0) is 13.0 Å². The molecule has 0 aliphatic carbocycles. The van der Waals surface area contributed by atoms with E-state index in [1.165, 1.54) is 12.1 Å². The lowest BCUT2D eigenvalue weighted by Crippen LogP contribution is -2.12. The molecule has 0 aliphatic rings. The zero-order chi connectivity index (χ0) is 15.2. The van der Waals surface area contributed by atoms with Crippen LogP contribution in [0.15, 0.2) is 24.3 Å². The summed E-state index contributed by atoms with van der Waals surface area (Å²) in [4.78, 5) is 8.53. The van der Waals surface area contributed by atoms with Crippen LogP contribution in [0.2, 0.25) is 0 Å². The Morgan fingerprint density at radius 1 is 1.14 bits per heavy atom. The standard InChI is InChI=1S/C14H17F2N5/c1-2-3-12-19-13(7-14(20-12)21-17)18-8-9-4-5-10(15)6-11(9)16/h4-7H,2-3,8,17H2,1H3,(H2,18,19,20,21). The average Bonchev–Trinajstić information content (AvgIpc) is 2.46. The molecule has 2 aromatic rings. The Labute approximate surface area is 121 Å². The maximum absolute atomic E-state index is 13.6. The van der Waals surface area contributed by atoms with E-state index in [0.29, 0.717) is 23.0 Å². The minimum Gasteiger partial charge on any atom is -0.366 e. The summed E-state index contributed by atoms with van der Waals surface area (Å²) in [7, 11) is 0. The number of anilines is 2. The van der Waals surface area contributed by atoms with Crippen molar-refractivity contribution in [2.24, 2.45) is 5.84 Å². The molecule has 0 aliphatic heterocycles. The molecule has 0 fully saturated rings. The first kappa shape index (κ1) is 15.1. The summed E-state index contributed by atoms with van der Waals surface area (Å²) in [5.74, 6) is 5.83. The van der Waals surface area contributed by atoms with Gasteiger partial charge in [-0.05, 0) is 12.5 Å². The number of hydrazine groups is 1. The molecule has 4 N–H and O–H groups in total. The molecule has 0 spiro atoms. The molecule has 1 heterocycles. The van der Waals surface area contributed by atoms with Crippen LogP contribution in [-0.4, -0.2) is 9.97 Å². The Bertz CT molecular complexity index is 618. The fourth-order valence-corrected chi connectivity index (χ4v) is 1.85. The SMILES string of the molecule is CCCc1nc(NN)cc(NCc2ccc(F)cc2F)n1. The Morgan fingerprint density at radius 2 is 1.90 bits per heavy atom. The van der Waals surface area contributed by atoms with Crippen LogP contribution >= 0.6 is 0 Å². The Kier molecular flexibility index (Phi) is 4.99. The fourth-order valence-electron chi connectivity index (χ4n) is 1.85. The van der Waals surface area contributed by atoms with Gasteiger partial charge in [0.05, 0.1) is 0 Å². The lowest BCUT2D eigenvalue weighted by molar-refractivity contribution is 0.574. The van der Waals surface area contributed by atoms with E-state index in [4.69, 9.17) is 5.84 Å². The quantitative estimate of drug-likeness (QED) is 0.564. The summed E-state index contributed by atoms with van der Waals surface area (Å²) in [5, 5.41) is 2.99. The number of nitrogens with zero attached hydrogens (tertiary/aromatic N) is 2. The fraction of sp³-hybridized carbons (Fsp3) is 0.286. The van der Waals surface area contributed by atoms with E-state index in [-0.39, 0.29) is 6.54 Å². The molecule has 1 aromatic carbocycles. The highest BCUT2D eigenvalue weighted by atomic mass is 19.1. The smallest absolute Gasteiger partial charge is 0.145 e. The van der Waals surface area contributed by atoms with Crippen LogP contribution in [0.5, 0.6) is 0 Å². The minimum atomic E-state index is -0.599. The second kappa shape index (κ2) is 6.94. The summed E-state index contributed by atoms with van der Waals surface area (Å²) in [6.07, 6.45) is 1.62. The third-order valence-electron chi connectivity index (χ3n) is 2.87. The lowest BCUT2D eigenvalue weighted by atomic mass is 10.2. The number of aromatic nitrogens is 2. The van der Waals surface area contributed by atoms with Gasteiger partial charge in [0, 0.05) is 30.7 Å². The van der Waals surface area contributed by atoms with Gasteiger partial charge in [0.15, 0.2) is 0 Å². The number of hydrogen-bond donors (Lipinski definition) is 3. The highest BCUT2D eigenvalue weighted by Crippen LogP contribution is 2.15. The molecule has 0 radical (unpaired) electrons. The van der Waals surface area contributed by atoms with Crippen LogP contribution in [0.4, 0.5) is 20.4 Å². The van der Waals surface area contributed by atoms with Gasteiger partial charge in [0.2, 0.25) is 0 Å². The van der Waals surface area contributed by atoms with Crippen LogP contribution in [0.1, 0.15) is 24.7 Å². The van der Waals surface area contributed by atoms with E-state index in [9.17, 15) is 8.78 Å². The zero-order valence-electron chi connectivity index (χ0n) is 11.7. The third-order valence-corrected chi connectivity index (χ3v) is 2.87. The molecule has 0 unspecified atom stereocenters. The molecule has 0 saturated heterocycles. The largest absolute Gasteiger partial charge is 0.366 e. The molecular weight excluding hydrogens is 276 g/mol. The van der Waals surface area contributed by atoms with E-state index >= 15 is 0 Å². The van der Waals surface area contributed by atoms with Crippen molar-refractivity contribution in [3.8, 4) is 0 Å². The highest BCUT2D eigenvalue weighted by molar-refractivity contribution is 5.47. The summed E-state index contributed by atoms with van der Waals surface area (Å²) in [6.45, 7) is 2.21. The second-order valence-electron chi connectivity index (χ2n) is 4.54. The molecule has 5 nitrogen and oxygen atoms in total. The molecule has 0 atom stereocenters. The molecular formula is C14H17F2N5.